The van der Waals surface area contributed by atoms with Gasteiger partial charge in [-0.25, -0.2) is 0 Å². The van der Waals surface area contributed by atoms with Crippen molar-refractivity contribution in [2.45, 2.75) is 223 Å². The van der Waals surface area contributed by atoms with E-state index in [0.29, 0.717) is 12.8 Å². The first-order valence-corrected chi connectivity index (χ1v) is 43.2. The number of allylic oxidation sites excluding steroid dienone is 8. The maximum Gasteiger partial charge on any atom is 0.209 e. The molecule has 2 fully saturated rings. The predicted molar refractivity (Wildman–Crippen MR) is 467 cm³/mol. The van der Waals surface area contributed by atoms with Crippen LogP contribution in [-0.4, -0.2) is 188 Å². The molecule has 4 heterocycles. The average Bonchev–Trinajstić information content (AvgIpc) is 1.66. The van der Waals surface area contributed by atoms with E-state index in [9.17, 15) is 60.0 Å². The molecule has 0 spiro atoms. The first-order chi connectivity index (χ1) is 59.1. The monoisotopic (exact) mass is 1700 g/mol. The van der Waals surface area contributed by atoms with Gasteiger partial charge in [-0.05, 0) is 152 Å². The van der Waals surface area contributed by atoms with Crippen molar-refractivity contribution in [1.82, 2.24) is 0 Å². The highest BCUT2D eigenvalue weighted by atomic mass is 35.5. The number of carbonyl (C=O) groups excluding carboxylic acids is 4. The number of aliphatic hydroxyl groups excluding tert-OH is 4. The highest BCUT2D eigenvalue weighted by Gasteiger charge is 2.50. The van der Waals surface area contributed by atoms with Crippen molar-refractivity contribution >= 4 is 75.7 Å². The summed E-state index contributed by atoms with van der Waals surface area (Å²) in [7, 11) is 2.74. The molecule has 5 aliphatic carbocycles. The molecule has 12 N–H and O–H groups in total. The molecule has 27 heteroatoms. The molecule has 10 unspecified atom stereocenters. The smallest absolute Gasteiger partial charge is 0.209 e. The lowest BCUT2D eigenvalue weighted by Gasteiger charge is -2.40. The molecule has 26 nitrogen and oxygen atoms in total. The van der Waals surface area contributed by atoms with Gasteiger partial charge in [-0.15, -0.1) is 0 Å². The zero-order chi connectivity index (χ0) is 87.2. The Bertz CT molecular complexity index is 5460. The molecule has 0 amide bonds. The van der Waals surface area contributed by atoms with Crippen LogP contribution in [0.4, 0.5) is 11.4 Å². The van der Waals surface area contributed by atoms with Crippen molar-refractivity contribution in [3.05, 3.63) is 209 Å². The number of hydrogen-bond acceptors (Lipinski definition) is 25. The summed E-state index contributed by atoms with van der Waals surface area (Å²) in [6.45, 7) is 13.0. The molecule has 123 heavy (non-hydrogen) atoms. The molecule has 6 aromatic carbocycles. The second-order valence-electron chi connectivity index (χ2n) is 34.6. The molecular formula is C96H110ClN8O18+. The number of benzene rings is 6. The molecule has 0 aromatic heterocycles. The van der Waals surface area contributed by atoms with Gasteiger partial charge in [0, 0.05) is 135 Å². The van der Waals surface area contributed by atoms with E-state index in [1.807, 2.05) is 0 Å². The molecule has 2 saturated heterocycles. The fraction of sp³-hybridized carbons (Fsp3) is 0.448. The summed E-state index contributed by atoms with van der Waals surface area (Å²) in [6, 6.07) is 24.9. The van der Waals surface area contributed by atoms with E-state index >= 15 is 0 Å². The van der Waals surface area contributed by atoms with Gasteiger partial charge in [0.2, 0.25) is 17.3 Å². The van der Waals surface area contributed by atoms with Crippen LogP contribution in [0.25, 0.3) is 0 Å². The number of aliphatic hydroxyl groups is 4. The Labute approximate surface area is 720 Å². The minimum atomic E-state index is -1.06. The minimum Gasteiger partial charge on any atom is -0.507 e. The Kier molecular flexibility index (Phi) is 26.1. The number of anilines is 1. The van der Waals surface area contributed by atoms with E-state index in [2.05, 4.69) is 130 Å². The molecule has 6 aromatic rings. The van der Waals surface area contributed by atoms with Gasteiger partial charge in [0.25, 0.3) is 0 Å². The summed E-state index contributed by atoms with van der Waals surface area (Å²) in [4.78, 5) is 59.5. The summed E-state index contributed by atoms with van der Waals surface area (Å²) in [6.07, 6.45) is 14.4. The van der Waals surface area contributed by atoms with E-state index in [1.165, 1.54) is 60.3 Å². The number of carbonyl (C=O) groups is 4. The van der Waals surface area contributed by atoms with Crippen molar-refractivity contribution < 1.29 is 93.0 Å². The van der Waals surface area contributed by atoms with Crippen LogP contribution in [0.15, 0.2) is 152 Å². The summed E-state index contributed by atoms with van der Waals surface area (Å²) < 4.78 is 38.6. The molecule has 15 rings (SSSR count). The second kappa shape index (κ2) is 36.5. The molecule has 9 aliphatic rings. The number of ether oxygens (including phenoxy) is 6. The van der Waals surface area contributed by atoms with Crippen LogP contribution in [0.3, 0.4) is 0 Å². The molecule has 4 aliphatic heterocycles. The Morgan fingerprint density at radius 3 is 1.59 bits per heavy atom. The zero-order valence-electron chi connectivity index (χ0n) is 70.7. The van der Waals surface area contributed by atoms with Gasteiger partial charge in [-0.1, -0.05) is 105 Å². The number of ketones is 4. The third kappa shape index (κ3) is 16.5. The van der Waals surface area contributed by atoms with Crippen LogP contribution < -0.4 is 25.8 Å². The largest absolute Gasteiger partial charge is 0.507 e. The fourth-order valence-corrected chi connectivity index (χ4v) is 20.1. The van der Waals surface area contributed by atoms with Crippen molar-refractivity contribution in [2.75, 3.05) is 45.4 Å². The van der Waals surface area contributed by atoms with Gasteiger partial charge < -0.3 is 85.6 Å². The van der Waals surface area contributed by atoms with Crippen LogP contribution in [0.1, 0.15) is 247 Å². The third-order valence-corrected chi connectivity index (χ3v) is 26.9. The predicted octanol–water partition coefficient (Wildman–Crippen LogP) is 13.5. The average molecular weight is 1700 g/mol. The van der Waals surface area contributed by atoms with Gasteiger partial charge in [-0.3, -0.25) is 19.2 Å². The van der Waals surface area contributed by atoms with E-state index < -0.39 is 132 Å². The minimum absolute atomic E-state index is 0.0109. The molecule has 0 bridgehead atoms. The number of fused-ring (bicyclic) bond motifs is 8. The summed E-state index contributed by atoms with van der Waals surface area (Å²) >= 11 is 7.52. The number of nitrogens with zero attached hydrogens (tertiary/aromatic N) is 6. The normalized spacial score (nSPS) is 26.1. The van der Waals surface area contributed by atoms with Crippen LogP contribution in [0.2, 0.25) is 0 Å². The highest BCUT2D eigenvalue weighted by Crippen LogP contribution is 2.56. The van der Waals surface area contributed by atoms with Crippen molar-refractivity contribution in [2.24, 2.45) is 43.7 Å². The van der Waals surface area contributed by atoms with Crippen molar-refractivity contribution in [3.63, 3.8) is 0 Å². The first kappa shape index (κ1) is 87.7. The van der Waals surface area contributed by atoms with Gasteiger partial charge in [0.05, 0.1) is 114 Å². The van der Waals surface area contributed by atoms with E-state index in [0.717, 1.165) is 87.1 Å². The summed E-state index contributed by atoms with van der Waals surface area (Å²) in [5.41, 5.74) is 21.0. The highest BCUT2D eigenvalue weighted by molar-refractivity contribution is 6.33. The number of phenols is 4. The molecule has 0 radical (unpaired) electrons. The van der Waals surface area contributed by atoms with Crippen molar-refractivity contribution in [3.8, 4) is 34.5 Å². The molecule has 12 atom stereocenters. The number of phenolic OH excluding ortho intramolecular Hbond substituents is 4. The second-order valence-corrected chi connectivity index (χ2v) is 35.0. The summed E-state index contributed by atoms with van der Waals surface area (Å²) in [5.74, 6) is -5.73. The lowest BCUT2D eigenvalue weighted by Crippen LogP contribution is -2.52. The van der Waals surface area contributed by atoms with Gasteiger partial charge >= 0.3 is 0 Å². The van der Waals surface area contributed by atoms with E-state index in [4.69, 9.17) is 51.5 Å². The third-order valence-electron chi connectivity index (χ3n) is 26.4. The summed E-state index contributed by atoms with van der Waals surface area (Å²) in [5, 5.41) is 110. The van der Waals surface area contributed by atoms with Crippen LogP contribution >= 0.6 is 11.6 Å². The number of rotatable bonds is 27. The maximum absolute atomic E-state index is 14.3. The lowest BCUT2D eigenvalue weighted by molar-refractivity contribution is -0.438. The number of hydrogen-bond donors (Lipinski definition) is 10. The van der Waals surface area contributed by atoms with Crippen LogP contribution in [-0.2, 0) is 42.6 Å². The van der Waals surface area contributed by atoms with Crippen molar-refractivity contribution in [1.29, 1.82) is 0 Å². The number of methoxy groups -OCH3 is 2. The van der Waals surface area contributed by atoms with E-state index in [1.54, 1.807) is 50.5 Å². The molecule has 0 saturated carbocycles. The van der Waals surface area contributed by atoms with E-state index in [-0.39, 0.29) is 139 Å². The number of nitrogens with two attached hydrogens (primary N) is 2. The molecule has 648 valence electrons. The van der Waals surface area contributed by atoms with Crippen LogP contribution in [0.5, 0.6) is 34.5 Å². The Balaban J connectivity index is 0.589. The number of para-hydroxylation sites is 2. The maximum atomic E-state index is 14.3. The lowest BCUT2D eigenvalue weighted by atomic mass is 9.73. The zero-order valence-corrected chi connectivity index (χ0v) is 71.5. The fourth-order valence-electron chi connectivity index (χ4n) is 19.8. The van der Waals surface area contributed by atoms with Crippen LogP contribution in [0, 0.1) is 11.8 Å². The Hall–Kier alpha value is -10.2. The first-order valence-electron chi connectivity index (χ1n) is 42.8. The Morgan fingerprint density at radius 1 is 0.577 bits per heavy atom. The topological polar surface area (TPSA) is 393 Å². The van der Waals surface area contributed by atoms with Gasteiger partial charge in [0.1, 0.15) is 41.0 Å². The standard InChI is InChI=1S/C96H109ClN8O18/c1-50-85(108)62(98)46-74(120-50)122-70-44-54(42-58-78(70)93(116)82-80(89(58)112)87(110)56-26-22-32-68(118-7)76(56)91(82)114)64(48-106)102-100-38-17-9-11-19-40-104-66-30-15-13-28-60(66)95(3,4)72(104)36-34-52-24-21-25-53(84(52)97)35-37-73-96(5,6)61-29-14-16-31-67(61)105(73)41-20-12-10-18-39-101-103-65(49-107)55-43-59-79(71(45-55)123-75-47-63(99)86(109)51(2)121-75)94(117)83-81(90(59)113)88(111)57-27-23-33-69(119-8)77(57)92(83)115/h13-16,22-23,26-39,50-51,54-55,62-63,70-71,74-75,85-86,106-109H,9-12,17-21,24-25,40-49,98-99H2,1-8H3,(H3-,110,111,112,113,114,115,116,117)/p+1/b100-38-,101-39+,102-64+,103-65+/t50?,51?,54?,55?,62?,63?,70-,71+,74?,75?,85?,86?/m1/s1. The molecular weight excluding hydrogens is 1590 g/mol. The van der Waals surface area contributed by atoms with Gasteiger partial charge in [-0.2, -0.15) is 25.0 Å². The van der Waals surface area contributed by atoms with Gasteiger partial charge in [0.15, 0.2) is 29.9 Å². The quantitative estimate of drug-likeness (QED) is 0.00751. The SMILES string of the molecule is COc1cccc2c1C(=O)c1c(O)c3c(c(O)c1C2=O)CC(/C(CO)=N/N=C/CCCCC[N+]1=C(C=CC2=C(Cl)C(=CC=C4N(CCCCC/C=N\N=C(/CO)C5Cc6c(O)c7c(c(O)c6[C@H](OC6CC(N)C(O)C(C)O6)C5)C(=O)c5c(OC)cccc5C7=O)c5ccccc5C4(C)C)CCC2)C(C)(C)c2ccccc21)C[C@@H]3OC1CC(N)C(O)C(C)O1. The number of halogens is 1. The Morgan fingerprint density at radius 2 is 1.07 bits per heavy atom. The number of unbranched alkanes of at least 4 members (excludes halogenated alkanes) is 6. The number of aromatic hydroxyl groups is 4.